The Morgan fingerprint density at radius 1 is 0.423 bits per heavy atom. The zero-order valence-corrected chi connectivity index (χ0v) is 82.4. The molecule has 6 saturated heterocycles. The highest BCUT2D eigenvalue weighted by atomic mass is 32.2. The number of alkyl halides is 1. The highest BCUT2D eigenvalue weighted by molar-refractivity contribution is 7.90. The van der Waals surface area contributed by atoms with Crippen molar-refractivity contribution in [2.45, 2.75) is 242 Å². The second-order valence-corrected chi connectivity index (χ2v) is 48.0. The van der Waals surface area contributed by atoms with Gasteiger partial charge in [-0.15, -0.1) is 0 Å². The van der Waals surface area contributed by atoms with Crippen LogP contribution in [0.25, 0.3) is 0 Å². The van der Waals surface area contributed by atoms with Crippen LogP contribution in [-0.4, -0.2) is 423 Å². The minimum atomic E-state index is -4.18. The Balaban J connectivity index is 0.000000183. The van der Waals surface area contributed by atoms with Crippen LogP contribution in [-0.2, 0) is 88.1 Å². The summed E-state index contributed by atoms with van der Waals surface area (Å²) in [5.74, 6) is -9.78. The predicted molar refractivity (Wildman–Crippen MR) is 510 cm³/mol. The lowest BCUT2D eigenvalue weighted by atomic mass is 9.78. The second kappa shape index (κ2) is 48.4. The molecule has 5 aliphatic carbocycles. The summed E-state index contributed by atoms with van der Waals surface area (Å²) in [6, 6.07) is 4.80. The molecule has 3 aromatic heterocycles. The second-order valence-electron chi connectivity index (χ2n) is 38.8. The zero-order valence-electron chi connectivity index (χ0n) is 78.3. The molecule has 0 amide bonds. The number of carboxylic acids is 5. The molecule has 66 heteroatoms. The van der Waals surface area contributed by atoms with E-state index in [9.17, 15) is 96.0 Å². The van der Waals surface area contributed by atoms with Crippen molar-refractivity contribution in [3.05, 3.63) is 72.6 Å². The van der Waals surface area contributed by atoms with Gasteiger partial charge in [0.15, 0.2) is 0 Å². The van der Waals surface area contributed by atoms with Crippen molar-refractivity contribution in [3.8, 4) is 0 Å². The minimum absolute atomic E-state index is 0.00867. The van der Waals surface area contributed by atoms with Crippen LogP contribution in [0.3, 0.4) is 0 Å². The molecule has 11 unspecified atom stereocenters. The number of aliphatic carboxylic acids is 5. The molecule has 36 N–H and O–H groups in total. The number of carboxylic acid groups (broad SMARTS) is 5. The van der Waals surface area contributed by atoms with Gasteiger partial charge >= 0.3 is 81.7 Å². The summed E-state index contributed by atoms with van der Waals surface area (Å²) in [7, 11) is -27.8. The molecule has 6 aliphatic heterocycles. The Hall–Kier alpha value is -6.54. The summed E-state index contributed by atoms with van der Waals surface area (Å²) in [5, 5.41) is 141. The molecule has 0 aromatic carbocycles. The highest BCUT2D eigenvalue weighted by Gasteiger charge is 2.63. The van der Waals surface area contributed by atoms with E-state index in [2.05, 4.69) is 20.3 Å². The molecule has 9 heterocycles. The predicted octanol–water partition coefficient (Wildman–Crippen LogP) is -11.3. The first-order chi connectivity index (χ1) is 66.3. The van der Waals surface area contributed by atoms with Crippen molar-refractivity contribution in [1.82, 2.24) is 59.0 Å². The van der Waals surface area contributed by atoms with Gasteiger partial charge in [0.05, 0.1) is 24.5 Å². The highest BCUT2D eigenvalue weighted by Crippen LogP contribution is 2.45. The van der Waals surface area contributed by atoms with Gasteiger partial charge in [-0.1, -0.05) is 38.2 Å². The maximum atomic E-state index is 13.5. The Bertz CT molecular complexity index is 5180. The summed E-state index contributed by atoms with van der Waals surface area (Å²) in [6.07, 6.45) is 13.5. The van der Waals surface area contributed by atoms with Gasteiger partial charge in [-0.25, -0.2) is 13.7 Å². The number of hydrogen-bond donors (Lipinski definition) is 26. The SMILES string of the molecule is NC1CC1N(C1CCNC1)S(=O)(=O)N1C[C@H](CCCB(O)O)[C@](N)(C(=O)O)C1.NC1CC1N(CCF)S(=O)(=O)N1C[C@H](CCCB(O)O)[C@](N)(C(=O)O)C1.NC1CC1N(Cc1ccccn1)S(=O)(=O)N1C[C@H](CCCB(O)O)[C@](N)(C(=O)O)C1.NC1CC1N(Cc1ccncc1)S(=O)(=O)N1C[C@H](CCCB(O)O)[C@](N)(C(=O)O)C1.NC1CC1N(c1ncco1)S(=O)(=O)N1C[C@H](CCCB(O)O)[C@](N)(C(=O)O)C1. The van der Waals surface area contributed by atoms with Gasteiger partial charge in [-0.2, -0.15) is 80.8 Å². The number of anilines is 1. The smallest absolute Gasteiger partial charge is 0.451 e. The summed E-state index contributed by atoms with van der Waals surface area (Å²) < 4.78 is 162. The fourth-order valence-corrected chi connectivity index (χ4v) is 28.9. The van der Waals surface area contributed by atoms with Crippen LogP contribution >= 0.6 is 0 Å². The van der Waals surface area contributed by atoms with Gasteiger partial charge in [-0.05, 0) is 139 Å². The number of nitrogens with two attached hydrogens (primary N) is 10. The summed E-state index contributed by atoms with van der Waals surface area (Å²) in [5.41, 5.74) is 52.3. The third-order valence-electron chi connectivity index (χ3n) is 28.3. The van der Waals surface area contributed by atoms with E-state index in [4.69, 9.17) is 112 Å². The number of nitrogens with one attached hydrogen (secondary N) is 1. The Labute approximate surface area is 824 Å². The molecular formula is C76H136B5FN24O31S5. The quantitative estimate of drug-likeness (QED) is 0.0233. The molecule has 5 saturated carbocycles. The van der Waals surface area contributed by atoms with Crippen LogP contribution in [0.4, 0.5) is 10.4 Å². The number of halogens is 1. The first kappa shape index (κ1) is 117. The number of carbonyl (C=O) groups is 5. The third-order valence-corrected chi connectivity index (χ3v) is 38.0. The Morgan fingerprint density at radius 3 is 1.02 bits per heavy atom. The van der Waals surface area contributed by atoms with E-state index in [-0.39, 0.29) is 196 Å². The van der Waals surface area contributed by atoms with Crippen LogP contribution in [0.2, 0.25) is 31.6 Å². The number of hydrogen-bond acceptors (Lipinski definition) is 40. The topological polar surface area (TPSA) is 916 Å². The van der Waals surface area contributed by atoms with Crippen LogP contribution in [0.5, 0.6) is 0 Å². The number of oxazole rings is 1. The van der Waals surface area contributed by atoms with E-state index in [1.54, 1.807) is 48.9 Å². The molecule has 0 spiro atoms. The molecule has 11 aliphatic rings. The summed E-state index contributed by atoms with van der Waals surface area (Å²) in [6.45, 7) is -2.07. The van der Waals surface area contributed by atoms with E-state index in [0.29, 0.717) is 82.9 Å². The molecule has 3 aromatic rings. The lowest BCUT2D eigenvalue weighted by Crippen LogP contribution is -2.56. The normalized spacial score (nSPS) is 31.4. The van der Waals surface area contributed by atoms with E-state index < -0.39 is 206 Å². The van der Waals surface area contributed by atoms with Gasteiger partial charge in [0, 0.05) is 194 Å². The molecule has 55 nitrogen and oxygen atoms in total. The molecule has 0 bridgehead atoms. The fraction of sp³-hybridized carbons (Fsp3) is 0.763. The summed E-state index contributed by atoms with van der Waals surface area (Å²) >= 11 is 0. The number of aromatic nitrogens is 3. The Kier molecular flexibility index (Phi) is 40.0. The van der Waals surface area contributed by atoms with Crippen molar-refractivity contribution in [1.29, 1.82) is 0 Å². The molecule has 14 rings (SSSR count). The standard InChI is InChI=1S/2C17H28BN5O6S.C15H30BN5O6S.C14H24BN5O7S.C13H26BFN4O6S/c19-14-8-15(14)23(9-12-3-6-21-7-4-12)30(28,29)22-10-13(2-1-5-18(26)27)17(20,11-22)16(24)25;19-14-8-15(14)23(10-13-5-1-2-7-21-13)30(28,29)22-9-12(4-3-6-18(26)27)17(20,11-22)16(24)25;17-12-6-13(12)21(11-3-5-19-7-11)28(26,27)20-8-10(2-1-4-16(24)25)15(18,9-20)14(22)23;16-10-6-11(10)20(13-18-4-5-27-13)28(25,26)19-7-9(2-1-3-15(23)24)14(17,8-19)12(21)22;15-4-5-19(11-6-10(11)16)26(24,25)18-7-9(2-1-3-14(22)23)13(17,8-18)12(20)21/h3-4,6-7,13-15,26-27H,1-2,5,8-11,19-20H2,(H,24,25);1-2,5,7,12,14-15,26-27H,3-4,6,8-11,19-20H2,(H,24,25);10-13,19,24-25H,1-9,17-18H2,(H,22,23);4-5,9-11,23-24H,1-3,6-8,16-17H2,(H,21,22);9-11,22-23H,1-8,16-17H2,(H,20,21)/t13-,14?,15?,17-;12-,14?,15?,17-;10-,11?,12?,13?,15-;9-,10?,11?,14-;9-,10?,11?,13-/m00000/s1. The lowest BCUT2D eigenvalue weighted by molar-refractivity contribution is -0.145. The fourth-order valence-electron chi connectivity index (χ4n) is 19.1. The maximum absolute atomic E-state index is 13.5. The number of pyridine rings is 2. The number of rotatable bonds is 48. The molecular weight excluding hydrogens is 1980 g/mol. The average Bonchev–Trinajstić information content (AvgIpc) is 1.59. The van der Waals surface area contributed by atoms with Crippen LogP contribution in [0.15, 0.2) is 65.8 Å². The van der Waals surface area contributed by atoms with Gasteiger partial charge in [0.1, 0.15) is 40.6 Å². The molecule has 0 radical (unpaired) electrons. The first-order valence-electron chi connectivity index (χ1n) is 46.8. The Morgan fingerprint density at radius 2 is 0.739 bits per heavy atom. The maximum Gasteiger partial charge on any atom is 0.451 e. The van der Waals surface area contributed by atoms with Gasteiger partial charge < -0.3 is 143 Å². The van der Waals surface area contributed by atoms with Crippen LogP contribution in [0.1, 0.15) is 114 Å². The molecule has 798 valence electrons. The summed E-state index contributed by atoms with van der Waals surface area (Å²) in [4.78, 5) is 71.1. The van der Waals surface area contributed by atoms with Crippen molar-refractivity contribution in [2.75, 3.05) is 96.1 Å². The average molecular weight is 2120 g/mol. The van der Waals surface area contributed by atoms with Gasteiger partial charge in [0.2, 0.25) is 0 Å². The van der Waals surface area contributed by atoms with E-state index in [0.717, 1.165) is 37.9 Å². The largest absolute Gasteiger partial charge is 0.480 e. The lowest BCUT2D eigenvalue weighted by Gasteiger charge is -2.32. The van der Waals surface area contributed by atoms with Gasteiger partial charge in [0.25, 0.3) is 40.8 Å². The van der Waals surface area contributed by atoms with E-state index >= 15 is 0 Å². The zero-order chi connectivity index (χ0) is 105. The van der Waals surface area contributed by atoms with Crippen molar-refractivity contribution < 1.29 is 151 Å². The van der Waals surface area contributed by atoms with Crippen molar-refractivity contribution in [3.63, 3.8) is 0 Å². The van der Waals surface area contributed by atoms with Crippen molar-refractivity contribution in [2.24, 2.45) is 86.9 Å². The molecule has 142 heavy (non-hydrogen) atoms. The first-order valence-corrected chi connectivity index (χ1v) is 53.8. The van der Waals surface area contributed by atoms with E-state index in [1.807, 2.05) is 0 Å². The third kappa shape index (κ3) is 28.3. The van der Waals surface area contributed by atoms with Crippen molar-refractivity contribution >= 4 is 122 Å². The monoisotopic (exact) mass is 2110 g/mol. The van der Waals surface area contributed by atoms with E-state index in [1.165, 1.54) is 29.7 Å². The minimum Gasteiger partial charge on any atom is -0.480 e. The van der Waals surface area contributed by atoms with Crippen LogP contribution in [0, 0.1) is 29.6 Å². The molecule has 21 atom stereocenters. The van der Waals surface area contributed by atoms with Gasteiger partial charge in [-0.3, -0.25) is 33.9 Å². The van der Waals surface area contributed by atoms with Crippen LogP contribution < -0.4 is 67.0 Å². The molecule has 11 fully saturated rings. The number of nitrogens with zero attached hydrogens (tertiary/aromatic N) is 13.